The van der Waals surface area contributed by atoms with E-state index >= 15 is 0 Å². The van der Waals surface area contributed by atoms with E-state index in [0.29, 0.717) is 22.3 Å². The smallest absolute Gasteiger partial charge is 0.139 e. The Bertz CT molecular complexity index is 1250. The Morgan fingerprint density at radius 3 is 2.75 bits per heavy atom. The average molecular weight is 370 g/mol. The van der Waals surface area contributed by atoms with Crippen LogP contribution in [0.2, 0.25) is 0 Å². The van der Waals surface area contributed by atoms with E-state index in [-0.39, 0.29) is 5.92 Å². The molecule has 0 aliphatic carbocycles. The van der Waals surface area contributed by atoms with Crippen molar-refractivity contribution in [3.63, 3.8) is 0 Å². The molecule has 8 heteroatoms. The maximum atomic E-state index is 10.1. The standard InChI is InChI=1S/C20H14N6O2/c1-27-12-7-5-11(6-8-12)18-14(9-21)17(15-10-22-24-20(15)23-18)13-3-2-4-16-19(13)26-28-25-16/h2-8,10,17H,1H3,(H2,22,23,24). The number of hydrogen-bond acceptors (Lipinski definition) is 7. The minimum Gasteiger partial charge on any atom is -0.497 e. The average Bonchev–Trinajstić information content (AvgIpc) is 3.41. The number of nitrogens with one attached hydrogen (secondary N) is 2. The van der Waals surface area contributed by atoms with Crippen molar-refractivity contribution < 1.29 is 9.37 Å². The first-order chi connectivity index (χ1) is 13.8. The lowest BCUT2D eigenvalue weighted by Gasteiger charge is -2.26. The van der Waals surface area contributed by atoms with Gasteiger partial charge in [-0.2, -0.15) is 10.4 Å². The highest BCUT2D eigenvalue weighted by molar-refractivity contribution is 5.89. The molecule has 1 aliphatic heterocycles. The van der Waals surface area contributed by atoms with Crippen molar-refractivity contribution in [3.05, 3.63) is 70.9 Å². The fourth-order valence-corrected chi connectivity index (χ4v) is 3.60. The van der Waals surface area contributed by atoms with Gasteiger partial charge in [-0.25, -0.2) is 4.63 Å². The number of benzene rings is 2. The van der Waals surface area contributed by atoms with Gasteiger partial charge in [0.2, 0.25) is 0 Å². The third kappa shape index (κ3) is 2.34. The number of anilines is 1. The van der Waals surface area contributed by atoms with Crippen LogP contribution in [0.5, 0.6) is 5.75 Å². The van der Waals surface area contributed by atoms with Crippen LogP contribution in [-0.2, 0) is 0 Å². The first-order valence-corrected chi connectivity index (χ1v) is 8.60. The lowest BCUT2D eigenvalue weighted by atomic mass is 9.81. The second-order valence-corrected chi connectivity index (χ2v) is 6.37. The molecule has 136 valence electrons. The summed E-state index contributed by atoms with van der Waals surface area (Å²) >= 11 is 0. The molecule has 8 nitrogen and oxygen atoms in total. The molecule has 0 fully saturated rings. The summed E-state index contributed by atoms with van der Waals surface area (Å²) in [7, 11) is 1.62. The maximum absolute atomic E-state index is 10.1. The first kappa shape index (κ1) is 16.1. The highest BCUT2D eigenvalue weighted by atomic mass is 16.6. The van der Waals surface area contributed by atoms with Gasteiger partial charge in [0, 0.05) is 5.56 Å². The van der Waals surface area contributed by atoms with Gasteiger partial charge in [-0.1, -0.05) is 12.1 Å². The summed E-state index contributed by atoms with van der Waals surface area (Å²) in [6.45, 7) is 0. The van der Waals surface area contributed by atoms with Gasteiger partial charge in [0.15, 0.2) is 0 Å². The molecule has 0 amide bonds. The van der Waals surface area contributed by atoms with E-state index in [0.717, 1.165) is 28.3 Å². The Morgan fingerprint density at radius 1 is 1.11 bits per heavy atom. The van der Waals surface area contributed by atoms with E-state index in [1.54, 1.807) is 13.3 Å². The zero-order valence-corrected chi connectivity index (χ0v) is 14.8. The van der Waals surface area contributed by atoms with Gasteiger partial charge in [0.05, 0.1) is 36.6 Å². The van der Waals surface area contributed by atoms with Crippen LogP contribution < -0.4 is 10.1 Å². The van der Waals surface area contributed by atoms with Crippen molar-refractivity contribution in [1.82, 2.24) is 20.5 Å². The van der Waals surface area contributed by atoms with Gasteiger partial charge in [-0.3, -0.25) is 5.10 Å². The van der Waals surface area contributed by atoms with Crippen molar-refractivity contribution in [2.75, 3.05) is 12.4 Å². The van der Waals surface area contributed by atoms with Crippen LogP contribution in [-0.4, -0.2) is 27.6 Å². The first-order valence-electron chi connectivity index (χ1n) is 8.60. The van der Waals surface area contributed by atoms with Crippen molar-refractivity contribution in [2.45, 2.75) is 5.92 Å². The minimum absolute atomic E-state index is 0.354. The lowest BCUT2D eigenvalue weighted by molar-refractivity contribution is 0.315. The number of allylic oxidation sites excluding steroid dienone is 1. The molecule has 2 aromatic carbocycles. The van der Waals surface area contributed by atoms with Gasteiger partial charge < -0.3 is 10.1 Å². The molecule has 1 aliphatic rings. The van der Waals surface area contributed by atoms with Crippen molar-refractivity contribution in [2.24, 2.45) is 0 Å². The van der Waals surface area contributed by atoms with Crippen molar-refractivity contribution >= 4 is 22.5 Å². The molecule has 2 aromatic heterocycles. The minimum atomic E-state index is -0.354. The Morgan fingerprint density at radius 2 is 1.96 bits per heavy atom. The van der Waals surface area contributed by atoms with Gasteiger partial charge in [0.25, 0.3) is 0 Å². The Hall–Kier alpha value is -4.12. The number of H-pyrrole nitrogens is 1. The monoisotopic (exact) mass is 370 g/mol. The highest BCUT2D eigenvalue weighted by Gasteiger charge is 2.33. The van der Waals surface area contributed by atoms with E-state index in [9.17, 15) is 5.26 Å². The number of methoxy groups -OCH3 is 1. The molecule has 1 atom stereocenters. The fraction of sp³-hybridized carbons (Fsp3) is 0.100. The number of hydrogen-bond donors (Lipinski definition) is 2. The number of aromatic amines is 1. The maximum Gasteiger partial charge on any atom is 0.139 e. The molecule has 2 N–H and O–H groups in total. The largest absolute Gasteiger partial charge is 0.497 e. The molecule has 0 spiro atoms. The van der Waals surface area contributed by atoms with Gasteiger partial charge in [-0.15, -0.1) is 0 Å². The third-order valence-corrected chi connectivity index (χ3v) is 4.92. The molecule has 4 aromatic rings. The number of nitrogens with zero attached hydrogens (tertiary/aromatic N) is 4. The van der Waals surface area contributed by atoms with Crippen LogP contribution in [0.3, 0.4) is 0 Å². The van der Waals surface area contributed by atoms with E-state index < -0.39 is 0 Å². The normalized spacial score (nSPS) is 15.8. The van der Waals surface area contributed by atoms with Crippen LogP contribution in [0.15, 0.2) is 58.9 Å². The second kappa shape index (κ2) is 6.25. The molecule has 5 rings (SSSR count). The van der Waals surface area contributed by atoms with Crippen LogP contribution in [0.1, 0.15) is 22.6 Å². The van der Waals surface area contributed by atoms with Crippen LogP contribution in [0.4, 0.5) is 5.82 Å². The zero-order valence-electron chi connectivity index (χ0n) is 14.8. The molecule has 28 heavy (non-hydrogen) atoms. The third-order valence-electron chi connectivity index (χ3n) is 4.92. The van der Waals surface area contributed by atoms with E-state index in [4.69, 9.17) is 9.37 Å². The lowest BCUT2D eigenvalue weighted by Crippen LogP contribution is -2.17. The summed E-state index contributed by atoms with van der Waals surface area (Å²) < 4.78 is 10.2. The zero-order chi connectivity index (χ0) is 19.1. The van der Waals surface area contributed by atoms with Crippen molar-refractivity contribution in [1.29, 1.82) is 5.26 Å². The number of rotatable bonds is 3. The number of nitriles is 1. The predicted octanol–water partition coefficient (Wildman–Crippen LogP) is 3.45. The Balaban J connectivity index is 1.75. The quantitative estimate of drug-likeness (QED) is 0.568. The molecular formula is C20H14N6O2. The molecule has 1 unspecified atom stereocenters. The van der Waals surface area contributed by atoms with E-state index in [1.165, 1.54) is 0 Å². The Kier molecular flexibility index (Phi) is 3.59. The summed E-state index contributed by atoms with van der Waals surface area (Å²) in [5.74, 6) is 1.13. The van der Waals surface area contributed by atoms with Crippen LogP contribution in [0.25, 0.3) is 16.7 Å². The topological polar surface area (TPSA) is 113 Å². The summed E-state index contributed by atoms with van der Waals surface area (Å²) in [6.07, 6.45) is 1.72. The van der Waals surface area contributed by atoms with E-state index in [2.05, 4.69) is 31.9 Å². The van der Waals surface area contributed by atoms with Gasteiger partial charge in [-0.05, 0) is 51.8 Å². The molecular weight excluding hydrogens is 356 g/mol. The summed E-state index contributed by atoms with van der Waals surface area (Å²) in [6, 6.07) is 15.6. The van der Waals surface area contributed by atoms with Crippen molar-refractivity contribution in [3.8, 4) is 11.8 Å². The summed E-state index contributed by atoms with van der Waals surface area (Å²) in [5.41, 5.74) is 5.12. The molecule has 0 radical (unpaired) electrons. The van der Waals surface area contributed by atoms with Gasteiger partial charge >= 0.3 is 0 Å². The fourth-order valence-electron chi connectivity index (χ4n) is 3.60. The van der Waals surface area contributed by atoms with Gasteiger partial charge in [0.1, 0.15) is 22.6 Å². The highest BCUT2D eigenvalue weighted by Crippen LogP contribution is 2.44. The number of aromatic nitrogens is 4. The van der Waals surface area contributed by atoms with Crippen LogP contribution >= 0.6 is 0 Å². The predicted molar refractivity (Wildman–Crippen MR) is 101 cm³/mol. The van der Waals surface area contributed by atoms with Crippen LogP contribution in [0, 0.1) is 11.3 Å². The summed E-state index contributed by atoms with van der Waals surface area (Å²) in [5, 5.41) is 28.5. The molecule has 0 saturated heterocycles. The Labute approximate surface area is 159 Å². The SMILES string of the molecule is COc1ccc(C2=C(C#N)C(c3cccc4nonc34)c3cn[nH]c3N2)cc1. The van der Waals surface area contributed by atoms with E-state index in [1.807, 2.05) is 42.5 Å². The molecule has 3 heterocycles. The number of fused-ring (bicyclic) bond motifs is 2. The molecule has 0 saturated carbocycles. The molecule has 0 bridgehead atoms. The summed E-state index contributed by atoms with van der Waals surface area (Å²) in [4.78, 5) is 0. The second-order valence-electron chi connectivity index (χ2n) is 6.37. The number of ether oxygens (including phenoxy) is 1.